The Hall–Kier alpha value is -2.85. The van der Waals surface area contributed by atoms with Gasteiger partial charge in [0.25, 0.3) is 11.5 Å². The number of amides is 1. The van der Waals surface area contributed by atoms with Gasteiger partial charge in [0.2, 0.25) is 0 Å². The number of aryl methyl sites for hydroxylation is 1. The monoisotopic (exact) mass is 338 g/mol. The van der Waals surface area contributed by atoms with Gasteiger partial charge in [0, 0.05) is 16.4 Å². The number of rotatable bonds is 3. The van der Waals surface area contributed by atoms with Crippen LogP contribution in [0.15, 0.2) is 65.5 Å². The van der Waals surface area contributed by atoms with Gasteiger partial charge in [-0.15, -0.1) is 0 Å². The van der Waals surface area contributed by atoms with Crippen LogP contribution in [-0.4, -0.2) is 10.9 Å². The number of anilines is 1. The summed E-state index contributed by atoms with van der Waals surface area (Å²) < 4.78 is 0. The topological polar surface area (TPSA) is 62.0 Å². The molecule has 2 N–H and O–H groups in total. The first-order chi connectivity index (χ1) is 11.5. The minimum absolute atomic E-state index is 0.0563. The molecular weight excluding hydrogens is 324 g/mol. The molecule has 4 nitrogen and oxygen atoms in total. The molecule has 1 heterocycles. The van der Waals surface area contributed by atoms with Crippen molar-refractivity contribution in [3.63, 3.8) is 0 Å². The van der Waals surface area contributed by atoms with E-state index in [0.717, 1.165) is 11.1 Å². The average molecular weight is 339 g/mol. The van der Waals surface area contributed by atoms with Crippen LogP contribution in [0.4, 0.5) is 5.69 Å². The molecule has 0 fully saturated rings. The number of aromatic nitrogens is 1. The zero-order valence-electron chi connectivity index (χ0n) is 13.0. The van der Waals surface area contributed by atoms with E-state index in [1.165, 1.54) is 6.07 Å². The lowest BCUT2D eigenvalue weighted by atomic mass is 10.1. The minimum Gasteiger partial charge on any atom is -0.322 e. The van der Waals surface area contributed by atoms with Gasteiger partial charge in [-0.05, 0) is 48.9 Å². The number of H-pyrrole nitrogens is 1. The van der Waals surface area contributed by atoms with E-state index in [9.17, 15) is 9.59 Å². The quantitative estimate of drug-likeness (QED) is 0.749. The number of hydrogen-bond donors (Lipinski definition) is 2. The van der Waals surface area contributed by atoms with Gasteiger partial charge in [0.15, 0.2) is 0 Å². The Bertz CT molecular complexity index is 929. The summed E-state index contributed by atoms with van der Waals surface area (Å²) in [4.78, 5) is 27.2. The molecule has 120 valence electrons. The summed E-state index contributed by atoms with van der Waals surface area (Å²) in [5.41, 5.74) is 2.90. The first kappa shape index (κ1) is 16.0. The molecule has 3 aromatic rings. The van der Waals surface area contributed by atoms with Crippen molar-refractivity contribution in [2.24, 2.45) is 0 Å². The number of halogens is 1. The molecule has 0 saturated heterocycles. The fourth-order valence-electron chi connectivity index (χ4n) is 2.29. The molecule has 0 radical (unpaired) electrons. The van der Waals surface area contributed by atoms with Crippen molar-refractivity contribution in [1.82, 2.24) is 4.98 Å². The smallest absolute Gasteiger partial charge is 0.261 e. The predicted octanol–water partition coefficient (Wildman–Crippen LogP) is 4.26. The van der Waals surface area contributed by atoms with Crippen LogP contribution in [0, 0.1) is 6.92 Å². The number of hydrogen-bond acceptors (Lipinski definition) is 2. The average Bonchev–Trinajstić information content (AvgIpc) is 2.57. The highest BCUT2D eigenvalue weighted by Crippen LogP contribution is 2.17. The third-order valence-corrected chi connectivity index (χ3v) is 3.87. The first-order valence-corrected chi connectivity index (χ1v) is 7.78. The van der Waals surface area contributed by atoms with Crippen molar-refractivity contribution in [2.75, 3.05) is 5.32 Å². The Kier molecular flexibility index (Phi) is 4.49. The molecule has 0 bridgehead atoms. The molecule has 0 aliphatic rings. The van der Waals surface area contributed by atoms with E-state index in [4.69, 9.17) is 11.6 Å². The van der Waals surface area contributed by atoms with Gasteiger partial charge in [0.1, 0.15) is 5.56 Å². The van der Waals surface area contributed by atoms with Crippen LogP contribution in [-0.2, 0) is 0 Å². The summed E-state index contributed by atoms with van der Waals surface area (Å²) in [6, 6.07) is 17.7. The Morgan fingerprint density at radius 1 is 0.958 bits per heavy atom. The number of pyridine rings is 1. The van der Waals surface area contributed by atoms with E-state index in [0.29, 0.717) is 16.4 Å². The molecule has 0 spiro atoms. The van der Waals surface area contributed by atoms with Gasteiger partial charge in [-0.3, -0.25) is 9.59 Å². The molecule has 1 aromatic heterocycles. The number of nitrogens with one attached hydrogen (secondary N) is 2. The van der Waals surface area contributed by atoms with Gasteiger partial charge in [0.05, 0.1) is 0 Å². The maximum absolute atomic E-state index is 12.2. The Labute approximate surface area is 144 Å². The largest absolute Gasteiger partial charge is 0.322 e. The minimum atomic E-state index is -0.464. The molecule has 0 saturated carbocycles. The van der Waals surface area contributed by atoms with Crippen LogP contribution >= 0.6 is 11.6 Å². The fraction of sp³-hybridized carbons (Fsp3) is 0.0526. The van der Waals surface area contributed by atoms with Crippen LogP contribution in [0.25, 0.3) is 11.3 Å². The maximum Gasteiger partial charge on any atom is 0.261 e. The standard InChI is InChI=1S/C19H15ClN2O2/c1-12-2-4-13(5-3-12)17-11-10-16(19(24)22-17)18(23)21-15-8-6-14(20)7-9-15/h2-11H,1H3,(H,21,23)(H,22,24). The molecule has 0 unspecified atom stereocenters. The number of carbonyl (C=O) groups excluding carboxylic acids is 1. The van der Waals surface area contributed by atoms with Gasteiger partial charge in [-0.25, -0.2) is 0 Å². The van der Waals surface area contributed by atoms with Crippen LogP contribution < -0.4 is 10.9 Å². The lowest BCUT2D eigenvalue weighted by Gasteiger charge is -2.06. The van der Waals surface area contributed by atoms with Gasteiger partial charge in [-0.1, -0.05) is 41.4 Å². The number of carbonyl (C=O) groups is 1. The second-order valence-electron chi connectivity index (χ2n) is 5.44. The van der Waals surface area contributed by atoms with E-state index in [1.54, 1.807) is 30.3 Å². The normalized spacial score (nSPS) is 10.4. The summed E-state index contributed by atoms with van der Waals surface area (Å²) in [5.74, 6) is -0.464. The lowest BCUT2D eigenvalue weighted by Crippen LogP contribution is -2.23. The van der Waals surface area contributed by atoms with Crippen molar-refractivity contribution >= 4 is 23.2 Å². The summed E-state index contributed by atoms with van der Waals surface area (Å²) >= 11 is 5.81. The van der Waals surface area contributed by atoms with Gasteiger partial charge in [-0.2, -0.15) is 0 Å². The Morgan fingerprint density at radius 2 is 1.62 bits per heavy atom. The molecule has 0 atom stereocenters. The van der Waals surface area contributed by atoms with Crippen LogP contribution in [0.2, 0.25) is 5.02 Å². The molecule has 0 aliphatic heterocycles. The van der Waals surface area contributed by atoms with Crippen LogP contribution in [0.3, 0.4) is 0 Å². The molecule has 5 heteroatoms. The van der Waals surface area contributed by atoms with E-state index < -0.39 is 11.5 Å². The van der Waals surface area contributed by atoms with Crippen LogP contribution in [0.5, 0.6) is 0 Å². The summed E-state index contributed by atoms with van der Waals surface area (Å²) in [7, 11) is 0. The molecule has 24 heavy (non-hydrogen) atoms. The second kappa shape index (κ2) is 6.72. The van der Waals surface area contributed by atoms with Crippen molar-refractivity contribution in [3.05, 3.63) is 87.2 Å². The van der Waals surface area contributed by atoms with Gasteiger partial charge >= 0.3 is 0 Å². The Morgan fingerprint density at radius 3 is 2.25 bits per heavy atom. The molecule has 0 aliphatic carbocycles. The third-order valence-electron chi connectivity index (χ3n) is 3.62. The van der Waals surface area contributed by atoms with Crippen molar-refractivity contribution in [1.29, 1.82) is 0 Å². The van der Waals surface area contributed by atoms with Crippen LogP contribution in [0.1, 0.15) is 15.9 Å². The summed E-state index contributed by atoms with van der Waals surface area (Å²) in [5, 5.41) is 3.25. The second-order valence-corrected chi connectivity index (χ2v) is 5.88. The zero-order chi connectivity index (χ0) is 17.1. The third kappa shape index (κ3) is 3.55. The van der Waals surface area contributed by atoms with Gasteiger partial charge < -0.3 is 10.3 Å². The van der Waals surface area contributed by atoms with E-state index in [-0.39, 0.29) is 5.56 Å². The fourth-order valence-corrected chi connectivity index (χ4v) is 2.41. The predicted molar refractivity (Wildman–Crippen MR) is 96.6 cm³/mol. The van der Waals surface area contributed by atoms with E-state index >= 15 is 0 Å². The highest BCUT2D eigenvalue weighted by molar-refractivity contribution is 6.30. The maximum atomic E-state index is 12.2. The summed E-state index contributed by atoms with van der Waals surface area (Å²) in [6.07, 6.45) is 0. The molecule has 1 amide bonds. The van der Waals surface area contributed by atoms with Crippen molar-refractivity contribution < 1.29 is 4.79 Å². The summed E-state index contributed by atoms with van der Waals surface area (Å²) in [6.45, 7) is 2.00. The van der Waals surface area contributed by atoms with E-state index in [2.05, 4.69) is 10.3 Å². The van der Waals surface area contributed by atoms with Crippen molar-refractivity contribution in [3.8, 4) is 11.3 Å². The highest BCUT2D eigenvalue weighted by Gasteiger charge is 2.11. The Balaban J connectivity index is 1.84. The number of aromatic amines is 1. The molecule has 2 aromatic carbocycles. The SMILES string of the molecule is Cc1ccc(-c2ccc(C(=O)Nc3ccc(Cl)cc3)c(=O)[nH]2)cc1. The van der Waals surface area contributed by atoms with Crippen molar-refractivity contribution in [2.45, 2.75) is 6.92 Å². The molecule has 3 rings (SSSR count). The lowest BCUT2D eigenvalue weighted by molar-refractivity contribution is 0.102. The van der Waals surface area contributed by atoms with E-state index in [1.807, 2.05) is 31.2 Å². The highest BCUT2D eigenvalue weighted by atomic mass is 35.5. The first-order valence-electron chi connectivity index (χ1n) is 7.40. The number of benzene rings is 2. The zero-order valence-corrected chi connectivity index (χ0v) is 13.7. The molecular formula is C19H15ClN2O2.